The molecule has 0 N–H and O–H groups in total. The molecule has 49 heavy (non-hydrogen) atoms. The second-order valence-corrected chi connectivity index (χ2v) is 21.4. The molecule has 0 saturated heterocycles. The fourth-order valence-electron chi connectivity index (χ4n) is 6.97. The van der Waals surface area contributed by atoms with Crippen LogP contribution in [0, 0.1) is 0 Å². The lowest BCUT2D eigenvalue weighted by molar-refractivity contribution is 0.229. The Morgan fingerprint density at radius 1 is 0.571 bits per heavy atom. The predicted octanol–water partition coefficient (Wildman–Crippen LogP) is 9.78. The Kier molecular flexibility index (Phi) is 13.0. The third-order valence-corrected chi connectivity index (χ3v) is 18.9. The molecule has 0 aromatic heterocycles. The van der Waals surface area contributed by atoms with Gasteiger partial charge in [0, 0.05) is 6.42 Å². The van der Waals surface area contributed by atoms with Crippen molar-refractivity contribution in [1.29, 1.82) is 0 Å². The molecule has 5 rings (SSSR count). The molecule has 0 aliphatic heterocycles. The molecule has 5 aromatic carbocycles. The second kappa shape index (κ2) is 17.5. The summed E-state index contributed by atoms with van der Waals surface area (Å²) in [5, 5.41) is 6.92. The topological polar surface area (TPSA) is 9.23 Å². The van der Waals surface area contributed by atoms with Gasteiger partial charge >= 0.3 is 0 Å². The van der Waals surface area contributed by atoms with E-state index in [1.54, 1.807) is 0 Å². The Hall–Kier alpha value is -4.07. The largest absolute Gasteiger partial charge is 0.401 e. The lowest BCUT2D eigenvalue weighted by Gasteiger charge is -2.44. The van der Waals surface area contributed by atoms with Crippen molar-refractivity contribution >= 4 is 41.9 Å². The highest BCUT2D eigenvalue weighted by Gasteiger charge is 2.51. The van der Waals surface area contributed by atoms with Crippen LogP contribution >= 0.6 is 7.26 Å². The summed E-state index contributed by atoms with van der Waals surface area (Å²) in [6.45, 7) is 9.25. The summed E-state index contributed by atoms with van der Waals surface area (Å²) >= 11 is 0. The zero-order chi connectivity index (χ0) is 34.4. The summed E-state index contributed by atoms with van der Waals surface area (Å²) in [6, 6.07) is 55.3. The van der Waals surface area contributed by atoms with Gasteiger partial charge in [-0.15, -0.1) is 0 Å². The lowest BCUT2D eigenvalue weighted by atomic mass is 10.2. The molecule has 0 bridgehead atoms. The Morgan fingerprint density at radius 3 is 1.41 bits per heavy atom. The van der Waals surface area contributed by atoms with Crippen LogP contribution in [-0.4, -0.2) is 20.6 Å². The number of allylic oxidation sites excluding steroid dienone is 5. The summed E-state index contributed by atoms with van der Waals surface area (Å²) in [4.78, 5) is 0. The fourth-order valence-corrected chi connectivity index (χ4v) is 15.9. The third kappa shape index (κ3) is 8.57. The van der Waals surface area contributed by atoms with E-state index in [0.717, 1.165) is 25.4 Å². The summed E-state index contributed by atoms with van der Waals surface area (Å²) in [5.74, 6) is 0. The predicted molar refractivity (Wildman–Crippen MR) is 219 cm³/mol. The SMILES string of the molecule is CC[C@H](/C=C/C=C/C/C=C/CC[P+](c1ccccc1)(c1ccccc1)c1ccccc1)O[Si](c1ccccc1)(c1ccccc1)C(C)(C)C. The van der Waals surface area contributed by atoms with Gasteiger partial charge in [0.1, 0.15) is 23.2 Å². The molecule has 250 valence electrons. The van der Waals surface area contributed by atoms with Gasteiger partial charge in [-0.05, 0) is 64.7 Å². The van der Waals surface area contributed by atoms with Crippen LogP contribution in [0.5, 0.6) is 0 Å². The van der Waals surface area contributed by atoms with Crippen molar-refractivity contribution in [2.45, 2.75) is 58.1 Å². The standard InChI is InChI=1S/C46H52OPSi/c1-5-40(47-49(46(2,3)4,44-35-23-14-24-36-44)45-37-25-15-26-38-45)28-16-9-7-6-8-10-27-39-48(41-29-17-11-18-30-41,42-31-19-12-20-32-42)43-33-21-13-22-34-43/h7-26,28-38,40H,5-6,27,39H2,1-4H3/q+1/b9-7+,10-8+,28-16+/t40-/m1/s1. The first-order valence-electron chi connectivity index (χ1n) is 17.7. The van der Waals surface area contributed by atoms with Gasteiger partial charge in [0.15, 0.2) is 0 Å². The van der Waals surface area contributed by atoms with Gasteiger partial charge < -0.3 is 4.43 Å². The maximum absolute atomic E-state index is 7.33. The zero-order valence-corrected chi connectivity index (χ0v) is 31.6. The quantitative estimate of drug-likeness (QED) is 0.0464. The van der Waals surface area contributed by atoms with Crippen LogP contribution in [-0.2, 0) is 4.43 Å². The first-order chi connectivity index (χ1) is 23.9. The summed E-state index contributed by atoms with van der Waals surface area (Å²) in [6.07, 6.45) is 17.5. The number of hydrogen-bond donors (Lipinski definition) is 0. The molecule has 0 aliphatic rings. The highest BCUT2D eigenvalue weighted by atomic mass is 31.2. The van der Waals surface area contributed by atoms with E-state index in [0.29, 0.717) is 0 Å². The van der Waals surface area contributed by atoms with Crippen molar-refractivity contribution in [1.82, 2.24) is 0 Å². The van der Waals surface area contributed by atoms with Gasteiger partial charge in [0.05, 0.1) is 12.3 Å². The fraction of sp³-hybridized carbons (Fsp3) is 0.217. The van der Waals surface area contributed by atoms with Crippen molar-refractivity contribution in [3.8, 4) is 0 Å². The average molecular weight is 680 g/mol. The van der Waals surface area contributed by atoms with Crippen molar-refractivity contribution in [3.05, 3.63) is 188 Å². The first-order valence-corrected chi connectivity index (χ1v) is 21.6. The highest BCUT2D eigenvalue weighted by Crippen LogP contribution is 2.55. The van der Waals surface area contributed by atoms with Gasteiger partial charge in [0.2, 0.25) is 0 Å². The maximum atomic E-state index is 7.33. The Morgan fingerprint density at radius 2 is 1.00 bits per heavy atom. The molecule has 0 unspecified atom stereocenters. The van der Waals surface area contributed by atoms with Crippen LogP contribution in [0.4, 0.5) is 0 Å². The highest BCUT2D eigenvalue weighted by molar-refractivity contribution is 7.95. The van der Waals surface area contributed by atoms with E-state index < -0.39 is 15.6 Å². The van der Waals surface area contributed by atoms with E-state index in [1.165, 1.54) is 26.3 Å². The van der Waals surface area contributed by atoms with E-state index >= 15 is 0 Å². The number of hydrogen-bond acceptors (Lipinski definition) is 1. The number of benzene rings is 5. The minimum absolute atomic E-state index is 0.0255. The minimum Gasteiger partial charge on any atom is -0.401 e. The monoisotopic (exact) mass is 679 g/mol. The average Bonchev–Trinajstić information content (AvgIpc) is 3.15. The van der Waals surface area contributed by atoms with Gasteiger partial charge in [0.25, 0.3) is 8.32 Å². The van der Waals surface area contributed by atoms with Gasteiger partial charge in [-0.3, -0.25) is 0 Å². The summed E-state index contributed by atoms with van der Waals surface area (Å²) in [7, 11) is -4.40. The Labute approximate surface area is 297 Å². The van der Waals surface area contributed by atoms with E-state index in [2.05, 4.69) is 216 Å². The molecule has 0 aliphatic carbocycles. The molecule has 5 aromatic rings. The van der Waals surface area contributed by atoms with E-state index in [-0.39, 0.29) is 11.1 Å². The summed E-state index contributed by atoms with van der Waals surface area (Å²) in [5.41, 5.74) is 0. The van der Waals surface area contributed by atoms with Crippen molar-refractivity contribution in [3.63, 3.8) is 0 Å². The van der Waals surface area contributed by atoms with Crippen molar-refractivity contribution in [2.75, 3.05) is 6.16 Å². The normalized spacial score (nSPS) is 13.4. The molecule has 0 saturated carbocycles. The lowest BCUT2D eigenvalue weighted by Crippen LogP contribution is -2.67. The third-order valence-electron chi connectivity index (χ3n) is 9.38. The molecular formula is C46H52OPSi+. The van der Waals surface area contributed by atoms with E-state index in [4.69, 9.17) is 4.43 Å². The van der Waals surface area contributed by atoms with Crippen LogP contribution in [0.25, 0.3) is 0 Å². The van der Waals surface area contributed by atoms with Crippen LogP contribution in [0.2, 0.25) is 5.04 Å². The van der Waals surface area contributed by atoms with Crippen molar-refractivity contribution in [2.24, 2.45) is 0 Å². The van der Waals surface area contributed by atoms with Gasteiger partial charge in [-0.1, -0.05) is 179 Å². The van der Waals surface area contributed by atoms with E-state index in [9.17, 15) is 0 Å². The van der Waals surface area contributed by atoms with Crippen LogP contribution in [0.15, 0.2) is 188 Å². The molecule has 1 nitrogen and oxygen atoms in total. The van der Waals surface area contributed by atoms with Crippen LogP contribution in [0.3, 0.4) is 0 Å². The minimum atomic E-state index is -2.60. The smallest absolute Gasteiger partial charge is 0.261 e. The Balaban J connectivity index is 1.28. The molecule has 0 heterocycles. The number of rotatable bonds is 15. The zero-order valence-electron chi connectivity index (χ0n) is 29.7. The van der Waals surface area contributed by atoms with E-state index in [1.807, 2.05) is 0 Å². The second-order valence-electron chi connectivity index (χ2n) is 13.6. The molecular weight excluding hydrogens is 628 g/mol. The maximum Gasteiger partial charge on any atom is 0.261 e. The summed E-state index contributed by atoms with van der Waals surface area (Å²) < 4.78 is 7.33. The molecule has 0 radical (unpaired) electrons. The molecule has 3 heteroatoms. The van der Waals surface area contributed by atoms with Crippen LogP contribution in [0.1, 0.15) is 47.0 Å². The van der Waals surface area contributed by atoms with Crippen LogP contribution < -0.4 is 26.3 Å². The van der Waals surface area contributed by atoms with Crippen molar-refractivity contribution < 1.29 is 4.43 Å². The van der Waals surface area contributed by atoms with Gasteiger partial charge in [-0.25, -0.2) is 0 Å². The molecule has 1 atom stereocenters. The molecule has 0 amide bonds. The Bertz CT molecular complexity index is 1620. The molecule has 0 spiro atoms. The van der Waals surface area contributed by atoms with Gasteiger partial charge in [-0.2, -0.15) is 0 Å². The molecule has 0 fully saturated rings. The first kappa shape index (κ1) is 36.2.